The van der Waals surface area contributed by atoms with Crippen molar-refractivity contribution in [3.63, 3.8) is 0 Å². The van der Waals surface area contributed by atoms with Crippen molar-refractivity contribution in [3.05, 3.63) is 42.5 Å². The predicted octanol–water partition coefficient (Wildman–Crippen LogP) is 2.65. The summed E-state index contributed by atoms with van der Waals surface area (Å²) in [5.74, 6) is -0.316. The van der Waals surface area contributed by atoms with Crippen molar-refractivity contribution in [1.29, 1.82) is 0 Å². The third-order valence-electron chi connectivity index (χ3n) is 2.15. The number of ether oxygens (including phenoxy) is 1. The Morgan fingerprint density at radius 2 is 2.12 bits per heavy atom. The van der Waals surface area contributed by atoms with Crippen LogP contribution in [0, 0.1) is 0 Å². The third-order valence-corrected chi connectivity index (χ3v) is 2.15. The molecule has 0 fully saturated rings. The molecule has 0 aromatic heterocycles. The van der Waals surface area contributed by atoms with Crippen LogP contribution in [0.4, 0.5) is 8.78 Å². The molecule has 1 N–H and O–H groups in total. The average molecular weight is 241 g/mol. The summed E-state index contributed by atoms with van der Waals surface area (Å²) in [6, 6.07) is 5.88. The maximum Gasteiger partial charge on any atom is 0.387 e. The second-order valence-electron chi connectivity index (χ2n) is 3.35. The van der Waals surface area contributed by atoms with Crippen LogP contribution in [0.25, 0.3) is 0 Å². The second kappa shape index (κ2) is 5.98. The number of hydrogen-bond donors (Lipinski definition) is 1. The van der Waals surface area contributed by atoms with Crippen molar-refractivity contribution in [1.82, 2.24) is 5.32 Å². The fraction of sp³-hybridized carbons (Fsp3) is 0.250. The van der Waals surface area contributed by atoms with Crippen molar-refractivity contribution < 1.29 is 18.3 Å². The molecule has 3 nitrogen and oxygen atoms in total. The first-order valence-corrected chi connectivity index (χ1v) is 5.01. The Morgan fingerprint density at radius 1 is 1.47 bits per heavy atom. The smallest absolute Gasteiger partial charge is 0.387 e. The normalized spacial score (nSPS) is 12.0. The van der Waals surface area contributed by atoms with E-state index in [2.05, 4.69) is 16.6 Å². The van der Waals surface area contributed by atoms with Crippen LogP contribution in [-0.2, 0) is 4.79 Å². The molecule has 0 saturated carbocycles. The monoisotopic (exact) mass is 241 g/mol. The number of benzene rings is 1. The number of amides is 1. The van der Waals surface area contributed by atoms with Gasteiger partial charge < -0.3 is 10.1 Å². The molecule has 0 heterocycles. The summed E-state index contributed by atoms with van der Waals surface area (Å²) in [6.07, 6.45) is 1.12. The minimum atomic E-state index is -2.89. The van der Waals surface area contributed by atoms with Crippen LogP contribution >= 0.6 is 0 Å². The molecule has 0 aliphatic heterocycles. The van der Waals surface area contributed by atoms with E-state index in [4.69, 9.17) is 0 Å². The Labute approximate surface area is 98.1 Å². The van der Waals surface area contributed by atoms with Gasteiger partial charge in [-0.25, -0.2) is 0 Å². The Morgan fingerprint density at radius 3 is 2.71 bits per heavy atom. The van der Waals surface area contributed by atoms with Gasteiger partial charge in [-0.3, -0.25) is 4.79 Å². The number of rotatable bonds is 5. The van der Waals surface area contributed by atoms with Gasteiger partial charge in [-0.05, 0) is 19.1 Å². The molecular formula is C12H13F2NO2. The predicted molar refractivity (Wildman–Crippen MR) is 59.8 cm³/mol. The van der Waals surface area contributed by atoms with Gasteiger partial charge >= 0.3 is 6.61 Å². The van der Waals surface area contributed by atoms with Gasteiger partial charge in [-0.1, -0.05) is 24.8 Å². The maximum absolute atomic E-state index is 12.2. The SMILES string of the molecule is C=CC(=O)NC(C)c1ccccc1OC(F)F. The van der Waals surface area contributed by atoms with E-state index < -0.39 is 12.7 Å². The number of nitrogens with one attached hydrogen (secondary N) is 1. The molecule has 0 aliphatic carbocycles. The molecule has 92 valence electrons. The highest BCUT2D eigenvalue weighted by Crippen LogP contribution is 2.26. The highest BCUT2D eigenvalue weighted by atomic mass is 19.3. The highest BCUT2D eigenvalue weighted by molar-refractivity contribution is 5.87. The molecule has 1 amide bonds. The molecule has 0 radical (unpaired) electrons. The topological polar surface area (TPSA) is 38.3 Å². The zero-order valence-corrected chi connectivity index (χ0v) is 9.32. The highest BCUT2D eigenvalue weighted by Gasteiger charge is 2.15. The van der Waals surface area contributed by atoms with E-state index in [0.717, 1.165) is 6.08 Å². The Hall–Kier alpha value is -1.91. The minimum absolute atomic E-state index is 0.0550. The van der Waals surface area contributed by atoms with Crippen LogP contribution in [0.3, 0.4) is 0 Å². The molecule has 0 bridgehead atoms. The van der Waals surface area contributed by atoms with Crippen LogP contribution in [0.1, 0.15) is 18.5 Å². The number of para-hydroxylation sites is 1. The van der Waals surface area contributed by atoms with E-state index in [9.17, 15) is 13.6 Å². The van der Waals surface area contributed by atoms with Gasteiger partial charge in [-0.2, -0.15) is 8.78 Å². The Balaban J connectivity index is 2.88. The van der Waals surface area contributed by atoms with E-state index in [1.165, 1.54) is 6.07 Å². The Kier molecular flexibility index (Phi) is 4.63. The maximum atomic E-state index is 12.2. The molecule has 1 rings (SSSR count). The zero-order chi connectivity index (χ0) is 12.8. The largest absolute Gasteiger partial charge is 0.434 e. The van der Waals surface area contributed by atoms with E-state index in [1.54, 1.807) is 25.1 Å². The summed E-state index contributed by atoms with van der Waals surface area (Å²) in [5, 5.41) is 2.58. The van der Waals surface area contributed by atoms with Gasteiger partial charge in [0, 0.05) is 5.56 Å². The lowest BCUT2D eigenvalue weighted by atomic mass is 10.1. The van der Waals surface area contributed by atoms with Crippen molar-refractivity contribution in [2.24, 2.45) is 0 Å². The van der Waals surface area contributed by atoms with Gasteiger partial charge in [-0.15, -0.1) is 0 Å². The number of carbonyl (C=O) groups excluding carboxylic acids is 1. The van der Waals surface area contributed by atoms with Gasteiger partial charge in [0.25, 0.3) is 0 Å². The summed E-state index contributed by atoms with van der Waals surface area (Å²) in [5.41, 5.74) is 0.489. The van der Waals surface area contributed by atoms with E-state index in [-0.39, 0.29) is 11.7 Å². The summed E-state index contributed by atoms with van der Waals surface area (Å²) in [6.45, 7) is 2.10. The fourth-order valence-electron chi connectivity index (χ4n) is 1.39. The molecule has 0 saturated heterocycles. The first-order chi connectivity index (χ1) is 8.04. The third kappa shape index (κ3) is 3.86. The standard InChI is InChI=1S/C12H13F2NO2/c1-3-11(16)15-8(2)9-6-4-5-7-10(9)17-12(13)14/h3-8,12H,1H2,2H3,(H,15,16). The molecule has 1 aromatic carbocycles. The number of alkyl halides is 2. The summed E-state index contributed by atoms with van der Waals surface area (Å²) in [7, 11) is 0. The first kappa shape index (κ1) is 13.2. The van der Waals surface area contributed by atoms with Crippen LogP contribution in [0.2, 0.25) is 0 Å². The number of hydrogen-bond acceptors (Lipinski definition) is 2. The van der Waals surface area contributed by atoms with Crippen molar-refractivity contribution >= 4 is 5.91 Å². The molecule has 1 atom stereocenters. The van der Waals surface area contributed by atoms with Crippen molar-refractivity contribution in [3.8, 4) is 5.75 Å². The van der Waals surface area contributed by atoms with Crippen LogP contribution in [0.15, 0.2) is 36.9 Å². The molecule has 0 aliphatic rings. The van der Waals surface area contributed by atoms with Gasteiger partial charge in [0.15, 0.2) is 0 Å². The van der Waals surface area contributed by atoms with E-state index in [0.29, 0.717) is 5.56 Å². The lowest BCUT2D eigenvalue weighted by molar-refractivity contribution is -0.117. The molecule has 0 spiro atoms. The van der Waals surface area contributed by atoms with Crippen LogP contribution in [0.5, 0.6) is 5.75 Å². The molecule has 17 heavy (non-hydrogen) atoms. The number of carbonyl (C=O) groups is 1. The van der Waals surface area contributed by atoms with Crippen LogP contribution in [-0.4, -0.2) is 12.5 Å². The van der Waals surface area contributed by atoms with Crippen molar-refractivity contribution in [2.45, 2.75) is 19.6 Å². The quantitative estimate of drug-likeness (QED) is 0.805. The Bertz CT molecular complexity index is 407. The van der Waals surface area contributed by atoms with Gasteiger partial charge in [0.1, 0.15) is 5.75 Å². The van der Waals surface area contributed by atoms with Crippen LogP contribution < -0.4 is 10.1 Å². The summed E-state index contributed by atoms with van der Waals surface area (Å²) < 4.78 is 28.7. The fourth-order valence-corrected chi connectivity index (χ4v) is 1.39. The molecule has 1 unspecified atom stereocenters. The molecule has 5 heteroatoms. The van der Waals surface area contributed by atoms with E-state index >= 15 is 0 Å². The van der Waals surface area contributed by atoms with E-state index in [1.807, 2.05) is 0 Å². The molecular weight excluding hydrogens is 228 g/mol. The lowest BCUT2D eigenvalue weighted by Crippen LogP contribution is -2.25. The average Bonchev–Trinajstić information content (AvgIpc) is 2.28. The lowest BCUT2D eigenvalue weighted by Gasteiger charge is -2.17. The second-order valence-corrected chi connectivity index (χ2v) is 3.35. The molecule has 1 aromatic rings. The first-order valence-electron chi connectivity index (χ1n) is 5.01. The van der Waals surface area contributed by atoms with Gasteiger partial charge in [0.05, 0.1) is 6.04 Å². The summed E-state index contributed by atoms with van der Waals surface area (Å²) >= 11 is 0. The minimum Gasteiger partial charge on any atom is -0.434 e. The zero-order valence-electron chi connectivity index (χ0n) is 9.32. The number of halogens is 2. The van der Waals surface area contributed by atoms with Crippen molar-refractivity contribution in [2.75, 3.05) is 0 Å². The van der Waals surface area contributed by atoms with Gasteiger partial charge in [0.2, 0.25) is 5.91 Å². The summed E-state index contributed by atoms with van der Waals surface area (Å²) in [4.78, 5) is 11.1.